The van der Waals surface area contributed by atoms with Crippen molar-refractivity contribution in [2.24, 2.45) is 0 Å². The topological polar surface area (TPSA) is 39.2 Å². The largest absolute Gasteiger partial charge is 0.455 e. The number of hydrogen-bond acceptors (Lipinski definition) is 3. The van der Waals surface area contributed by atoms with Gasteiger partial charge in [0, 0.05) is 12.4 Å². The Labute approximate surface area is 65.0 Å². The molecule has 1 aromatic heterocycles. The van der Waals surface area contributed by atoms with Crippen molar-refractivity contribution in [3.05, 3.63) is 36.7 Å². The maximum absolute atomic E-state index is 11.0. The fourth-order valence-corrected chi connectivity index (χ4v) is 0.659. The van der Waals surface area contributed by atoms with E-state index >= 15 is 0 Å². The molecule has 3 heteroatoms. The molecule has 0 bridgehead atoms. The predicted molar refractivity (Wildman–Crippen MR) is 39.6 cm³/mol. The minimum Gasteiger partial charge on any atom is -0.455 e. The first-order valence-electron chi connectivity index (χ1n) is 3.23. The van der Waals surface area contributed by atoms with E-state index in [4.69, 9.17) is 0 Å². The van der Waals surface area contributed by atoms with Gasteiger partial charge in [0.15, 0.2) is 0 Å². The molecule has 0 saturated carbocycles. The van der Waals surface area contributed by atoms with Crippen molar-refractivity contribution in [3.63, 3.8) is 0 Å². The summed E-state index contributed by atoms with van der Waals surface area (Å²) in [6, 6.07) is 3.34. The average Bonchev–Trinajstić information content (AvgIpc) is 2.07. The fraction of sp³-hybridized carbons (Fsp3) is 0.125. The monoisotopic (exact) mass is 150 g/mol. The minimum absolute atomic E-state index is 0.374. The van der Waals surface area contributed by atoms with Crippen LogP contribution >= 0.6 is 0 Å². The highest BCUT2D eigenvalue weighted by atomic mass is 16.5. The molecule has 0 atom stereocenters. The van der Waals surface area contributed by atoms with Crippen molar-refractivity contribution in [3.8, 4) is 0 Å². The van der Waals surface area contributed by atoms with Crippen LogP contribution in [0.2, 0.25) is 0 Å². The van der Waals surface area contributed by atoms with E-state index in [2.05, 4.69) is 9.72 Å². The number of rotatable bonds is 2. The molecule has 0 unspecified atom stereocenters. The van der Waals surface area contributed by atoms with Crippen LogP contribution in [0.25, 0.3) is 0 Å². The molecule has 1 aromatic rings. The zero-order valence-electron chi connectivity index (χ0n) is 6.15. The van der Waals surface area contributed by atoms with Crippen LogP contribution in [0.3, 0.4) is 0 Å². The van der Waals surface area contributed by atoms with Gasteiger partial charge in [-0.25, -0.2) is 4.79 Å². The summed E-state index contributed by atoms with van der Waals surface area (Å²) in [7, 11) is 0. The Hall–Kier alpha value is -1.38. The highest BCUT2D eigenvalue weighted by Gasteiger charge is 2.03. The van der Waals surface area contributed by atoms with Gasteiger partial charge >= 0.3 is 5.97 Å². The van der Waals surface area contributed by atoms with Crippen molar-refractivity contribution < 1.29 is 9.53 Å². The molecule has 0 aliphatic heterocycles. The van der Waals surface area contributed by atoms with Gasteiger partial charge in [0.2, 0.25) is 0 Å². The predicted octanol–water partition coefficient (Wildman–Crippen LogP) is 1.42. The minimum atomic E-state index is -0.374. The van der Waals surface area contributed by atoms with E-state index in [0.29, 0.717) is 5.56 Å². The Bertz CT molecular complexity index is 233. The van der Waals surface area contributed by atoms with Gasteiger partial charge in [0.1, 0.15) is 6.61 Å². The van der Waals surface area contributed by atoms with Crippen LogP contribution in [0.1, 0.15) is 17.3 Å². The number of esters is 1. The molecular formula is C8H8NO2. The summed E-state index contributed by atoms with van der Waals surface area (Å²) in [5.41, 5.74) is 0.464. The molecule has 0 saturated heterocycles. The van der Waals surface area contributed by atoms with Crippen LogP contribution in [-0.2, 0) is 4.74 Å². The Morgan fingerprint density at radius 1 is 1.73 bits per heavy atom. The van der Waals surface area contributed by atoms with E-state index in [9.17, 15) is 4.79 Å². The summed E-state index contributed by atoms with van der Waals surface area (Å²) in [5, 5.41) is 0. The van der Waals surface area contributed by atoms with Crippen LogP contribution in [0.5, 0.6) is 0 Å². The number of pyridine rings is 1. The van der Waals surface area contributed by atoms with Gasteiger partial charge in [-0.3, -0.25) is 4.98 Å². The molecule has 11 heavy (non-hydrogen) atoms. The molecule has 0 aliphatic rings. The lowest BCUT2D eigenvalue weighted by Crippen LogP contribution is -2.01. The molecule has 0 aromatic carbocycles. The van der Waals surface area contributed by atoms with Gasteiger partial charge in [-0.1, -0.05) is 0 Å². The molecule has 1 heterocycles. The molecule has 0 fully saturated rings. The first-order chi connectivity index (χ1) is 5.34. The Balaban J connectivity index is 2.69. The lowest BCUT2D eigenvalue weighted by Gasteiger charge is -1.97. The maximum Gasteiger partial charge on any atom is 0.340 e. The third kappa shape index (κ3) is 2.04. The van der Waals surface area contributed by atoms with Crippen molar-refractivity contribution in [2.75, 3.05) is 0 Å². The Kier molecular flexibility index (Phi) is 2.60. The first-order valence-corrected chi connectivity index (χ1v) is 3.23. The van der Waals surface area contributed by atoms with E-state index < -0.39 is 0 Å². The van der Waals surface area contributed by atoms with Gasteiger partial charge in [-0.05, 0) is 19.1 Å². The maximum atomic E-state index is 11.0. The summed E-state index contributed by atoms with van der Waals surface area (Å²) in [6.45, 7) is 2.99. The molecule has 0 amide bonds. The van der Waals surface area contributed by atoms with Crippen molar-refractivity contribution in [1.29, 1.82) is 0 Å². The van der Waals surface area contributed by atoms with Crippen molar-refractivity contribution in [1.82, 2.24) is 4.98 Å². The lowest BCUT2D eigenvalue weighted by atomic mass is 10.3. The SMILES string of the molecule is C[CH]OC(=O)c1cccnc1. The third-order valence-corrected chi connectivity index (χ3v) is 1.12. The van der Waals surface area contributed by atoms with Crippen molar-refractivity contribution in [2.45, 2.75) is 6.92 Å². The average molecular weight is 150 g/mol. The quantitative estimate of drug-likeness (QED) is 0.598. The van der Waals surface area contributed by atoms with Gasteiger partial charge in [-0.2, -0.15) is 0 Å². The molecular weight excluding hydrogens is 142 g/mol. The number of carbonyl (C=O) groups is 1. The van der Waals surface area contributed by atoms with Gasteiger partial charge in [0.05, 0.1) is 5.56 Å². The van der Waals surface area contributed by atoms with E-state index in [-0.39, 0.29) is 5.97 Å². The van der Waals surface area contributed by atoms with Gasteiger partial charge in [0.25, 0.3) is 0 Å². The highest BCUT2D eigenvalue weighted by Crippen LogP contribution is 1.98. The van der Waals surface area contributed by atoms with E-state index in [1.807, 2.05) is 0 Å². The standard InChI is InChI=1S/C8H8NO2/c1-2-11-8(10)7-4-3-5-9-6-7/h2-6H,1H3. The Morgan fingerprint density at radius 2 is 2.55 bits per heavy atom. The lowest BCUT2D eigenvalue weighted by molar-refractivity contribution is 0.0612. The Morgan fingerprint density at radius 3 is 3.09 bits per heavy atom. The van der Waals surface area contributed by atoms with Crippen LogP contribution in [0, 0.1) is 6.61 Å². The first kappa shape index (κ1) is 7.72. The summed E-state index contributed by atoms with van der Waals surface area (Å²) >= 11 is 0. The van der Waals surface area contributed by atoms with Gasteiger partial charge in [-0.15, -0.1) is 0 Å². The number of aromatic nitrogens is 1. The second kappa shape index (κ2) is 3.71. The van der Waals surface area contributed by atoms with E-state index in [1.54, 1.807) is 25.3 Å². The molecule has 1 rings (SSSR count). The molecule has 1 radical (unpaired) electrons. The van der Waals surface area contributed by atoms with E-state index in [0.717, 1.165) is 0 Å². The molecule has 0 N–H and O–H groups in total. The van der Waals surface area contributed by atoms with Crippen molar-refractivity contribution >= 4 is 5.97 Å². The van der Waals surface area contributed by atoms with Crippen LogP contribution < -0.4 is 0 Å². The summed E-state index contributed by atoms with van der Waals surface area (Å²) in [5.74, 6) is -0.374. The second-order valence-corrected chi connectivity index (χ2v) is 1.88. The van der Waals surface area contributed by atoms with Crippen LogP contribution in [0.4, 0.5) is 0 Å². The normalized spacial score (nSPS) is 9.18. The number of hydrogen-bond donors (Lipinski definition) is 0. The zero-order chi connectivity index (χ0) is 8.10. The number of nitrogens with zero attached hydrogens (tertiary/aromatic N) is 1. The highest BCUT2D eigenvalue weighted by molar-refractivity contribution is 5.89. The summed E-state index contributed by atoms with van der Waals surface area (Å²) in [6.07, 6.45) is 3.07. The molecule has 3 nitrogen and oxygen atoms in total. The van der Waals surface area contributed by atoms with E-state index in [1.165, 1.54) is 12.8 Å². The summed E-state index contributed by atoms with van der Waals surface area (Å²) in [4.78, 5) is 14.7. The molecule has 0 aliphatic carbocycles. The second-order valence-electron chi connectivity index (χ2n) is 1.88. The fourth-order valence-electron chi connectivity index (χ4n) is 0.659. The smallest absolute Gasteiger partial charge is 0.340 e. The number of carbonyl (C=O) groups excluding carboxylic acids is 1. The third-order valence-electron chi connectivity index (χ3n) is 1.12. The number of ether oxygens (including phenoxy) is 1. The molecule has 0 spiro atoms. The zero-order valence-corrected chi connectivity index (χ0v) is 6.15. The summed E-state index contributed by atoms with van der Waals surface area (Å²) < 4.78 is 4.62. The van der Waals surface area contributed by atoms with Crippen LogP contribution in [-0.4, -0.2) is 11.0 Å². The van der Waals surface area contributed by atoms with Gasteiger partial charge < -0.3 is 4.74 Å². The van der Waals surface area contributed by atoms with Crippen LogP contribution in [0.15, 0.2) is 24.5 Å². The molecule has 57 valence electrons.